The molecule has 0 radical (unpaired) electrons. The number of nitrogens with zero attached hydrogens (tertiary/aromatic N) is 1. The number of hydrogen-bond donors (Lipinski definition) is 2. The molecular formula is C23H25N3O2. The quantitative estimate of drug-likeness (QED) is 0.641. The number of aromatic nitrogens is 1. The van der Waals surface area contributed by atoms with Crippen LogP contribution in [0.1, 0.15) is 27.0 Å². The molecular weight excluding hydrogens is 350 g/mol. The first kappa shape index (κ1) is 19.4. The Morgan fingerprint density at radius 2 is 1.79 bits per heavy atom. The molecule has 144 valence electrons. The summed E-state index contributed by atoms with van der Waals surface area (Å²) in [6.07, 6.45) is 2.33. The number of pyridine rings is 1. The number of aryl methyl sites for hydroxylation is 2. The van der Waals surface area contributed by atoms with E-state index in [1.165, 1.54) is 0 Å². The van der Waals surface area contributed by atoms with Gasteiger partial charge < -0.3 is 15.4 Å². The summed E-state index contributed by atoms with van der Waals surface area (Å²) in [4.78, 5) is 16.7. The highest BCUT2D eigenvalue weighted by Crippen LogP contribution is 2.23. The van der Waals surface area contributed by atoms with Crippen molar-refractivity contribution in [3.05, 3.63) is 83.0 Å². The maximum Gasteiger partial charge on any atom is 0.252 e. The van der Waals surface area contributed by atoms with Gasteiger partial charge in [-0.15, -0.1) is 0 Å². The lowest BCUT2D eigenvalue weighted by atomic mass is 10.1. The summed E-state index contributed by atoms with van der Waals surface area (Å²) in [5.74, 6) is 1.40. The Bertz CT molecular complexity index is 932. The SMILES string of the molecule is COc1cccc(CCNC(=O)c2ccc(Nc3c(C)cccc3C)nc2)c1. The Morgan fingerprint density at radius 3 is 2.46 bits per heavy atom. The molecule has 0 aliphatic rings. The number of rotatable bonds is 7. The number of hydrogen-bond acceptors (Lipinski definition) is 4. The third-order valence-electron chi connectivity index (χ3n) is 4.59. The van der Waals surface area contributed by atoms with Crippen molar-refractivity contribution in [2.75, 3.05) is 19.0 Å². The second kappa shape index (κ2) is 9.04. The van der Waals surface area contributed by atoms with Crippen LogP contribution in [-0.2, 0) is 6.42 Å². The van der Waals surface area contributed by atoms with Gasteiger partial charge in [0, 0.05) is 18.4 Å². The van der Waals surface area contributed by atoms with Crippen molar-refractivity contribution in [2.45, 2.75) is 20.3 Å². The summed E-state index contributed by atoms with van der Waals surface area (Å²) in [7, 11) is 1.65. The molecule has 5 nitrogen and oxygen atoms in total. The van der Waals surface area contributed by atoms with Gasteiger partial charge in [0.05, 0.1) is 12.7 Å². The molecule has 3 rings (SSSR count). The lowest BCUT2D eigenvalue weighted by molar-refractivity contribution is 0.0954. The van der Waals surface area contributed by atoms with E-state index >= 15 is 0 Å². The minimum Gasteiger partial charge on any atom is -0.497 e. The van der Waals surface area contributed by atoms with Crippen LogP contribution in [0.25, 0.3) is 0 Å². The van der Waals surface area contributed by atoms with E-state index in [1.807, 2.05) is 36.4 Å². The molecule has 0 aliphatic heterocycles. The van der Waals surface area contributed by atoms with Crippen LogP contribution in [0.4, 0.5) is 11.5 Å². The molecule has 1 heterocycles. The number of carbonyl (C=O) groups is 1. The van der Waals surface area contributed by atoms with Gasteiger partial charge in [-0.1, -0.05) is 30.3 Å². The van der Waals surface area contributed by atoms with Crippen molar-refractivity contribution in [3.63, 3.8) is 0 Å². The second-order valence-corrected chi connectivity index (χ2v) is 6.68. The van der Waals surface area contributed by atoms with E-state index in [2.05, 4.69) is 41.6 Å². The van der Waals surface area contributed by atoms with E-state index in [0.29, 0.717) is 17.9 Å². The van der Waals surface area contributed by atoms with Crippen LogP contribution in [0.5, 0.6) is 5.75 Å². The highest BCUT2D eigenvalue weighted by atomic mass is 16.5. The molecule has 0 atom stereocenters. The maximum absolute atomic E-state index is 12.3. The largest absolute Gasteiger partial charge is 0.497 e. The Hall–Kier alpha value is -3.34. The molecule has 0 spiro atoms. The minimum absolute atomic E-state index is 0.131. The molecule has 0 bridgehead atoms. The van der Waals surface area contributed by atoms with E-state index in [0.717, 1.165) is 34.5 Å². The van der Waals surface area contributed by atoms with E-state index in [1.54, 1.807) is 19.4 Å². The van der Waals surface area contributed by atoms with E-state index in [4.69, 9.17) is 4.74 Å². The Morgan fingerprint density at radius 1 is 1.04 bits per heavy atom. The molecule has 1 amide bonds. The highest BCUT2D eigenvalue weighted by molar-refractivity contribution is 5.94. The Kier molecular flexibility index (Phi) is 6.27. The average Bonchev–Trinajstić information content (AvgIpc) is 2.71. The molecule has 0 saturated heterocycles. The van der Waals surface area contributed by atoms with Crippen molar-refractivity contribution < 1.29 is 9.53 Å². The molecule has 28 heavy (non-hydrogen) atoms. The summed E-state index contributed by atoms with van der Waals surface area (Å²) in [5, 5.41) is 6.26. The van der Waals surface area contributed by atoms with Crippen molar-refractivity contribution in [1.82, 2.24) is 10.3 Å². The van der Waals surface area contributed by atoms with Crippen molar-refractivity contribution in [2.24, 2.45) is 0 Å². The summed E-state index contributed by atoms with van der Waals surface area (Å²) >= 11 is 0. The molecule has 3 aromatic rings. The summed E-state index contributed by atoms with van der Waals surface area (Å²) < 4.78 is 5.22. The van der Waals surface area contributed by atoms with Crippen LogP contribution in [0.2, 0.25) is 0 Å². The number of anilines is 2. The number of ether oxygens (including phenoxy) is 1. The number of para-hydroxylation sites is 1. The fraction of sp³-hybridized carbons (Fsp3) is 0.217. The maximum atomic E-state index is 12.3. The van der Waals surface area contributed by atoms with Gasteiger partial charge in [-0.3, -0.25) is 4.79 Å². The zero-order chi connectivity index (χ0) is 19.9. The first-order chi connectivity index (χ1) is 13.6. The van der Waals surface area contributed by atoms with Crippen molar-refractivity contribution in [1.29, 1.82) is 0 Å². The first-order valence-corrected chi connectivity index (χ1v) is 9.27. The third kappa shape index (κ3) is 4.88. The van der Waals surface area contributed by atoms with Crippen LogP contribution in [-0.4, -0.2) is 24.5 Å². The van der Waals surface area contributed by atoms with Gasteiger partial charge in [-0.2, -0.15) is 0 Å². The van der Waals surface area contributed by atoms with Crippen LogP contribution in [0, 0.1) is 13.8 Å². The standard InChI is InChI=1S/C23H25N3O2/c1-16-6-4-7-17(2)22(16)26-21-11-10-19(15-25-21)23(27)24-13-12-18-8-5-9-20(14-18)28-3/h4-11,14-15H,12-13H2,1-3H3,(H,24,27)(H,25,26). The van der Waals surface area contributed by atoms with Crippen LogP contribution >= 0.6 is 0 Å². The van der Waals surface area contributed by atoms with Gasteiger partial charge in [0.25, 0.3) is 5.91 Å². The molecule has 0 saturated carbocycles. The Balaban J connectivity index is 1.56. The fourth-order valence-electron chi connectivity index (χ4n) is 2.99. The van der Waals surface area contributed by atoms with Crippen LogP contribution in [0.15, 0.2) is 60.8 Å². The summed E-state index contributed by atoms with van der Waals surface area (Å²) in [6, 6.07) is 17.6. The van der Waals surface area contributed by atoms with E-state index < -0.39 is 0 Å². The lowest BCUT2D eigenvalue weighted by Crippen LogP contribution is -2.25. The smallest absolute Gasteiger partial charge is 0.252 e. The predicted octanol–water partition coefficient (Wildman–Crippen LogP) is 4.42. The molecule has 2 aromatic carbocycles. The molecule has 0 unspecified atom stereocenters. The van der Waals surface area contributed by atoms with Gasteiger partial charge in [0.15, 0.2) is 0 Å². The predicted molar refractivity (Wildman–Crippen MR) is 112 cm³/mol. The van der Waals surface area contributed by atoms with Gasteiger partial charge in [-0.25, -0.2) is 4.98 Å². The fourth-order valence-corrected chi connectivity index (χ4v) is 2.99. The molecule has 5 heteroatoms. The zero-order valence-corrected chi connectivity index (χ0v) is 16.5. The first-order valence-electron chi connectivity index (χ1n) is 9.27. The van der Waals surface area contributed by atoms with Crippen LogP contribution in [0.3, 0.4) is 0 Å². The topological polar surface area (TPSA) is 63.2 Å². The average molecular weight is 375 g/mol. The number of benzene rings is 2. The number of amides is 1. The summed E-state index contributed by atoms with van der Waals surface area (Å²) in [5.41, 5.74) is 5.01. The molecule has 0 aliphatic carbocycles. The van der Waals surface area contributed by atoms with Crippen molar-refractivity contribution >= 4 is 17.4 Å². The molecule has 0 fully saturated rings. The number of nitrogens with one attached hydrogen (secondary N) is 2. The Labute approximate surface area is 165 Å². The van der Waals surface area contributed by atoms with Gasteiger partial charge >= 0.3 is 0 Å². The number of methoxy groups -OCH3 is 1. The van der Waals surface area contributed by atoms with Gasteiger partial charge in [-0.05, 0) is 61.2 Å². The summed E-state index contributed by atoms with van der Waals surface area (Å²) in [6.45, 7) is 4.66. The minimum atomic E-state index is -0.131. The van der Waals surface area contributed by atoms with E-state index in [9.17, 15) is 4.79 Å². The van der Waals surface area contributed by atoms with Crippen molar-refractivity contribution in [3.8, 4) is 5.75 Å². The lowest BCUT2D eigenvalue weighted by Gasteiger charge is -2.12. The second-order valence-electron chi connectivity index (χ2n) is 6.68. The molecule has 1 aromatic heterocycles. The number of carbonyl (C=O) groups excluding carboxylic acids is 1. The van der Waals surface area contributed by atoms with Gasteiger partial charge in [0.2, 0.25) is 0 Å². The third-order valence-corrected chi connectivity index (χ3v) is 4.59. The van der Waals surface area contributed by atoms with Gasteiger partial charge in [0.1, 0.15) is 11.6 Å². The van der Waals surface area contributed by atoms with Crippen LogP contribution < -0.4 is 15.4 Å². The highest BCUT2D eigenvalue weighted by Gasteiger charge is 2.08. The van der Waals surface area contributed by atoms with E-state index in [-0.39, 0.29) is 5.91 Å². The normalized spacial score (nSPS) is 10.4. The zero-order valence-electron chi connectivity index (χ0n) is 16.5. The molecule has 2 N–H and O–H groups in total. The monoisotopic (exact) mass is 375 g/mol.